The number of hydrogen-bond acceptors (Lipinski definition) is 2. The molecule has 0 fully saturated rings. The lowest BCUT2D eigenvalue weighted by molar-refractivity contribution is 1.23. The highest BCUT2D eigenvalue weighted by atomic mass is 15.1. The van der Waals surface area contributed by atoms with Gasteiger partial charge in [-0.3, -0.25) is 0 Å². The molecule has 0 N–H and O–H groups in total. The largest absolute Gasteiger partial charge is 0.151 e. The van der Waals surface area contributed by atoms with Crippen molar-refractivity contribution in [1.82, 2.24) is 0 Å². The van der Waals surface area contributed by atoms with Gasteiger partial charge in [-0.1, -0.05) is 42.5 Å². The van der Waals surface area contributed by atoms with Gasteiger partial charge in [-0.2, -0.15) is 10.2 Å². The predicted molar refractivity (Wildman–Crippen MR) is 71.8 cm³/mol. The lowest BCUT2D eigenvalue weighted by Crippen LogP contribution is -1.69. The van der Waals surface area contributed by atoms with E-state index >= 15 is 0 Å². The number of hydrogen-bond donors (Lipinski definition) is 0. The van der Waals surface area contributed by atoms with Crippen molar-refractivity contribution < 1.29 is 0 Å². The van der Waals surface area contributed by atoms with Crippen LogP contribution in [0.15, 0.2) is 70.9 Å². The van der Waals surface area contributed by atoms with Crippen molar-refractivity contribution >= 4 is 17.5 Å². The first-order valence-corrected chi connectivity index (χ1v) is 5.58. The van der Waals surface area contributed by atoms with E-state index in [4.69, 9.17) is 0 Å². The van der Waals surface area contributed by atoms with E-state index in [-0.39, 0.29) is 0 Å². The zero-order valence-electron chi connectivity index (χ0n) is 9.75. The van der Waals surface area contributed by atoms with Crippen LogP contribution in [-0.4, -0.2) is 0 Å². The molecular formula is C15H14N2. The molecule has 0 aliphatic heterocycles. The molecule has 0 aliphatic rings. The van der Waals surface area contributed by atoms with Crippen LogP contribution in [0.2, 0.25) is 0 Å². The first-order chi connectivity index (χ1) is 8.38. The lowest BCUT2D eigenvalue weighted by atomic mass is 10.2. The zero-order valence-corrected chi connectivity index (χ0v) is 9.75. The average molecular weight is 222 g/mol. The fraction of sp³-hybridized carbons (Fsp3) is 0.0667. The van der Waals surface area contributed by atoms with Gasteiger partial charge in [-0.05, 0) is 36.8 Å². The van der Waals surface area contributed by atoms with Crippen LogP contribution in [0.3, 0.4) is 0 Å². The summed E-state index contributed by atoms with van der Waals surface area (Å²) in [5, 5.41) is 8.34. The van der Waals surface area contributed by atoms with Gasteiger partial charge in [0.2, 0.25) is 0 Å². The van der Waals surface area contributed by atoms with E-state index in [0.29, 0.717) is 0 Å². The van der Waals surface area contributed by atoms with Crippen molar-refractivity contribution in [3.8, 4) is 0 Å². The molecule has 2 aromatic rings. The molecule has 0 amide bonds. The molecule has 17 heavy (non-hydrogen) atoms. The van der Waals surface area contributed by atoms with Gasteiger partial charge >= 0.3 is 0 Å². The van der Waals surface area contributed by atoms with Crippen LogP contribution in [0.25, 0.3) is 6.08 Å². The van der Waals surface area contributed by atoms with E-state index in [1.54, 1.807) is 0 Å². The Morgan fingerprint density at radius 1 is 0.765 bits per heavy atom. The molecule has 0 radical (unpaired) electrons. The molecule has 84 valence electrons. The Kier molecular flexibility index (Phi) is 3.81. The summed E-state index contributed by atoms with van der Waals surface area (Å²) in [5.41, 5.74) is 2.90. The highest BCUT2D eigenvalue weighted by molar-refractivity contribution is 5.52. The Labute approximate surface area is 101 Å². The van der Waals surface area contributed by atoms with E-state index in [1.165, 1.54) is 5.56 Å². The minimum absolute atomic E-state index is 0.863. The summed E-state index contributed by atoms with van der Waals surface area (Å²) in [5.74, 6) is 0. The van der Waals surface area contributed by atoms with Crippen molar-refractivity contribution in [2.24, 2.45) is 10.2 Å². The van der Waals surface area contributed by atoms with Gasteiger partial charge in [0.05, 0.1) is 11.4 Å². The number of allylic oxidation sites excluding steroid dienone is 1. The van der Waals surface area contributed by atoms with E-state index in [9.17, 15) is 0 Å². The van der Waals surface area contributed by atoms with E-state index in [1.807, 2.05) is 67.6 Å². The molecule has 0 unspecified atom stereocenters. The van der Waals surface area contributed by atoms with Gasteiger partial charge in [-0.25, -0.2) is 0 Å². The van der Waals surface area contributed by atoms with Crippen molar-refractivity contribution in [3.05, 3.63) is 66.2 Å². The number of nitrogens with zero attached hydrogens (tertiary/aromatic N) is 2. The van der Waals surface area contributed by atoms with Crippen LogP contribution in [-0.2, 0) is 0 Å². The van der Waals surface area contributed by atoms with Crippen LogP contribution in [0.5, 0.6) is 0 Å². The van der Waals surface area contributed by atoms with Gasteiger partial charge in [0.15, 0.2) is 0 Å². The Balaban J connectivity index is 2.11. The van der Waals surface area contributed by atoms with Crippen LogP contribution >= 0.6 is 0 Å². The number of azo groups is 1. The fourth-order valence-corrected chi connectivity index (χ4v) is 1.45. The Hall–Kier alpha value is -2.22. The molecule has 2 nitrogen and oxygen atoms in total. The maximum absolute atomic E-state index is 4.18. The first-order valence-electron chi connectivity index (χ1n) is 5.58. The molecule has 2 aromatic carbocycles. The van der Waals surface area contributed by atoms with Crippen LogP contribution in [0.1, 0.15) is 12.5 Å². The summed E-state index contributed by atoms with van der Waals surface area (Å²) in [4.78, 5) is 0. The highest BCUT2D eigenvalue weighted by Gasteiger charge is 1.90. The summed E-state index contributed by atoms with van der Waals surface area (Å²) in [7, 11) is 0. The van der Waals surface area contributed by atoms with Gasteiger partial charge in [0.25, 0.3) is 0 Å². The molecule has 0 saturated carbocycles. The average Bonchev–Trinajstić information content (AvgIpc) is 2.40. The summed E-state index contributed by atoms with van der Waals surface area (Å²) < 4.78 is 0. The molecule has 0 atom stereocenters. The number of rotatable bonds is 3. The quantitative estimate of drug-likeness (QED) is 0.643. The molecule has 2 heteroatoms. The zero-order chi connectivity index (χ0) is 11.9. The summed E-state index contributed by atoms with van der Waals surface area (Å²) >= 11 is 0. The van der Waals surface area contributed by atoms with Gasteiger partial charge < -0.3 is 0 Å². The second-order valence-electron chi connectivity index (χ2n) is 3.63. The normalized spacial score (nSPS) is 11.4. The lowest BCUT2D eigenvalue weighted by Gasteiger charge is -1.95. The summed E-state index contributed by atoms with van der Waals surface area (Å²) in [6, 6.07) is 17.7. The molecule has 0 bridgehead atoms. The fourth-order valence-electron chi connectivity index (χ4n) is 1.45. The monoisotopic (exact) mass is 222 g/mol. The van der Waals surface area contributed by atoms with Gasteiger partial charge in [0.1, 0.15) is 0 Å². The molecule has 2 rings (SSSR count). The smallest absolute Gasteiger partial charge is 0.0857 e. The Bertz CT molecular complexity index is 510. The maximum atomic E-state index is 4.18. The second kappa shape index (κ2) is 5.75. The molecule has 0 saturated heterocycles. The minimum atomic E-state index is 0.863. The van der Waals surface area contributed by atoms with Crippen molar-refractivity contribution in [2.75, 3.05) is 0 Å². The molecule has 0 heterocycles. The van der Waals surface area contributed by atoms with E-state index in [2.05, 4.69) is 16.3 Å². The number of benzene rings is 2. The minimum Gasteiger partial charge on any atom is -0.151 e. The molecule has 0 spiro atoms. The van der Waals surface area contributed by atoms with Crippen LogP contribution < -0.4 is 0 Å². The van der Waals surface area contributed by atoms with Crippen molar-refractivity contribution in [3.63, 3.8) is 0 Å². The van der Waals surface area contributed by atoms with Crippen LogP contribution in [0.4, 0.5) is 11.4 Å². The molecular weight excluding hydrogens is 208 g/mol. The summed E-state index contributed by atoms with van der Waals surface area (Å²) in [6.07, 6.45) is 4.07. The van der Waals surface area contributed by atoms with E-state index in [0.717, 1.165) is 11.4 Å². The highest BCUT2D eigenvalue weighted by Crippen LogP contribution is 2.18. The third-order valence-corrected chi connectivity index (χ3v) is 2.29. The Morgan fingerprint density at radius 2 is 1.35 bits per heavy atom. The topological polar surface area (TPSA) is 24.7 Å². The predicted octanol–water partition coefficient (Wildman–Crippen LogP) is 5.14. The maximum Gasteiger partial charge on any atom is 0.0857 e. The Morgan fingerprint density at radius 3 is 1.94 bits per heavy atom. The second-order valence-corrected chi connectivity index (χ2v) is 3.63. The summed E-state index contributed by atoms with van der Waals surface area (Å²) in [6.45, 7) is 2.00. The van der Waals surface area contributed by atoms with Gasteiger partial charge in [0, 0.05) is 0 Å². The first kappa shape index (κ1) is 11.3. The third kappa shape index (κ3) is 3.38. The molecule has 0 aromatic heterocycles. The van der Waals surface area contributed by atoms with Crippen molar-refractivity contribution in [2.45, 2.75) is 6.92 Å². The van der Waals surface area contributed by atoms with Crippen molar-refractivity contribution in [1.29, 1.82) is 0 Å². The van der Waals surface area contributed by atoms with Gasteiger partial charge in [-0.15, -0.1) is 0 Å². The standard InChI is InChI=1S/C15H14N2/c1-2-6-13-9-11-15(12-10-13)17-16-14-7-4-3-5-8-14/h2-12H,1H3/b6-2+,17-16?. The molecule has 0 aliphatic carbocycles. The van der Waals surface area contributed by atoms with E-state index < -0.39 is 0 Å². The third-order valence-electron chi connectivity index (χ3n) is 2.29. The SMILES string of the molecule is C/C=C/c1ccc(N=Nc2ccccc2)cc1. The van der Waals surface area contributed by atoms with Crippen LogP contribution in [0, 0.1) is 0 Å².